The average molecular weight is 458 g/mol. The number of carbonyl (C=O) groups is 1. The molecule has 1 amide bonds. The smallest absolute Gasteiger partial charge is 0.246 e. The second-order valence-corrected chi connectivity index (χ2v) is 11.1. The molecule has 2 rings (SSSR count). The minimum absolute atomic E-state index is 0.174. The maximum Gasteiger partial charge on any atom is 0.246 e. The first-order chi connectivity index (χ1) is 14.1. The molecule has 1 aliphatic rings. The Morgan fingerprint density at radius 3 is 2.33 bits per heavy atom. The highest BCUT2D eigenvalue weighted by Gasteiger charge is 2.26. The number of benzene rings is 1. The van der Waals surface area contributed by atoms with E-state index in [4.69, 9.17) is 0 Å². The summed E-state index contributed by atoms with van der Waals surface area (Å²) in [5, 5.41) is 0. The number of nitrogens with one attached hydrogen (secondary N) is 1. The van der Waals surface area contributed by atoms with Crippen LogP contribution in [0.1, 0.15) is 38.7 Å². The molecule has 1 heterocycles. The Morgan fingerprint density at radius 1 is 1.13 bits per heavy atom. The molecule has 0 aromatic heterocycles. The number of hydrogen-bond acceptors (Lipinski definition) is 5. The van der Waals surface area contributed by atoms with Crippen molar-refractivity contribution in [2.75, 3.05) is 32.4 Å². The molecule has 0 spiro atoms. The van der Waals surface area contributed by atoms with Crippen molar-refractivity contribution in [3.63, 3.8) is 0 Å². The summed E-state index contributed by atoms with van der Waals surface area (Å²) in [6.45, 7) is 5.18. The predicted molar refractivity (Wildman–Crippen MR) is 118 cm³/mol. The molecule has 0 aliphatic carbocycles. The van der Waals surface area contributed by atoms with E-state index in [0.717, 1.165) is 25.5 Å². The predicted octanol–water partition coefficient (Wildman–Crippen LogP) is 1.66. The van der Waals surface area contributed by atoms with Crippen LogP contribution >= 0.6 is 0 Å². The SMILES string of the molecule is CCN(CC)S(=O)(=O)c1ccc(C=CC(=O)N2CCCCC2CNS(C)(=O)=O)cc1. The van der Waals surface area contributed by atoms with Crippen molar-refractivity contribution in [3.05, 3.63) is 35.9 Å². The first-order valence-corrected chi connectivity index (χ1v) is 13.4. The molecule has 30 heavy (non-hydrogen) atoms. The fraction of sp³-hybridized carbons (Fsp3) is 0.550. The zero-order chi connectivity index (χ0) is 22.4. The van der Waals surface area contributed by atoms with Crippen molar-refractivity contribution < 1.29 is 21.6 Å². The highest BCUT2D eigenvalue weighted by Crippen LogP contribution is 2.19. The van der Waals surface area contributed by atoms with Crippen molar-refractivity contribution >= 4 is 32.0 Å². The molecule has 1 aromatic rings. The van der Waals surface area contributed by atoms with Gasteiger partial charge in [0.2, 0.25) is 26.0 Å². The molecular weight excluding hydrogens is 426 g/mol. The number of sulfonamides is 2. The first-order valence-electron chi connectivity index (χ1n) is 10.1. The monoisotopic (exact) mass is 457 g/mol. The molecular formula is C20H31N3O5S2. The summed E-state index contributed by atoms with van der Waals surface area (Å²) in [5.74, 6) is -0.185. The maximum absolute atomic E-state index is 12.7. The number of hydrogen-bond donors (Lipinski definition) is 1. The molecule has 0 radical (unpaired) electrons. The summed E-state index contributed by atoms with van der Waals surface area (Å²) in [4.78, 5) is 14.6. The highest BCUT2D eigenvalue weighted by molar-refractivity contribution is 7.89. The van der Waals surface area contributed by atoms with Crippen molar-refractivity contribution in [2.45, 2.75) is 44.0 Å². The first kappa shape index (κ1) is 24.5. The minimum atomic E-state index is -3.51. The number of carbonyl (C=O) groups excluding carboxylic acids is 1. The number of rotatable bonds is 9. The Labute approximate surface area is 180 Å². The van der Waals surface area contributed by atoms with Gasteiger partial charge in [-0.15, -0.1) is 0 Å². The van der Waals surface area contributed by atoms with Gasteiger partial charge in [-0.2, -0.15) is 4.31 Å². The number of likely N-dealkylation sites (tertiary alicyclic amines) is 1. The van der Waals surface area contributed by atoms with Crippen LogP contribution in [0.25, 0.3) is 6.08 Å². The Balaban J connectivity index is 2.08. The van der Waals surface area contributed by atoms with Gasteiger partial charge in [-0.05, 0) is 43.0 Å². The van der Waals surface area contributed by atoms with Gasteiger partial charge in [-0.25, -0.2) is 21.6 Å². The van der Waals surface area contributed by atoms with Crippen molar-refractivity contribution in [1.82, 2.24) is 13.9 Å². The second kappa shape index (κ2) is 10.5. The van der Waals surface area contributed by atoms with E-state index in [1.807, 2.05) is 0 Å². The normalized spacial score (nSPS) is 18.3. The molecule has 168 valence electrons. The van der Waals surface area contributed by atoms with E-state index in [1.54, 1.807) is 37.0 Å². The Kier molecular flexibility index (Phi) is 8.60. The van der Waals surface area contributed by atoms with Gasteiger partial charge in [0.25, 0.3) is 0 Å². The Bertz CT molecular complexity index is 953. The van der Waals surface area contributed by atoms with Crippen LogP contribution in [0.3, 0.4) is 0 Å². The van der Waals surface area contributed by atoms with Gasteiger partial charge in [-0.3, -0.25) is 4.79 Å². The molecule has 1 aliphatic heterocycles. The van der Waals surface area contributed by atoms with Crippen LogP contribution in [0.2, 0.25) is 0 Å². The zero-order valence-corrected chi connectivity index (χ0v) is 19.4. The summed E-state index contributed by atoms with van der Waals surface area (Å²) in [6.07, 6.45) is 6.78. The number of nitrogens with zero attached hydrogens (tertiary/aromatic N) is 2. The minimum Gasteiger partial charge on any atom is -0.335 e. The summed E-state index contributed by atoms with van der Waals surface area (Å²) >= 11 is 0. The second-order valence-electron chi connectivity index (χ2n) is 7.29. The fourth-order valence-electron chi connectivity index (χ4n) is 3.48. The van der Waals surface area contributed by atoms with Crippen molar-refractivity contribution in [2.24, 2.45) is 0 Å². The molecule has 1 unspecified atom stereocenters. The van der Waals surface area contributed by atoms with Crippen molar-refractivity contribution in [1.29, 1.82) is 0 Å². The highest BCUT2D eigenvalue weighted by atomic mass is 32.2. The van der Waals surface area contributed by atoms with E-state index in [0.29, 0.717) is 25.2 Å². The lowest BCUT2D eigenvalue weighted by atomic mass is 10.0. The van der Waals surface area contributed by atoms with Crippen LogP contribution in [-0.4, -0.2) is 70.4 Å². The van der Waals surface area contributed by atoms with E-state index in [-0.39, 0.29) is 23.4 Å². The zero-order valence-electron chi connectivity index (χ0n) is 17.7. The summed E-state index contributed by atoms with van der Waals surface area (Å²) in [5.41, 5.74) is 0.713. The largest absolute Gasteiger partial charge is 0.335 e. The van der Waals surface area contributed by atoms with E-state index in [1.165, 1.54) is 22.5 Å². The summed E-state index contributed by atoms with van der Waals surface area (Å²) in [6, 6.07) is 6.24. The van der Waals surface area contributed by atoms with Crippen LogP contribution in [0.5, 0.6) is 0 Å². The number of piperidine rings is 1. The maximum atomic E-state index is 12.7. The lowest BCUT2D eigenvalue weighted by Gasteiger charge is -2.35. The third-order valence-electron chi connectivity index (χ3n) is 5.13. The lowest BCUT2D eigenvalue weighted by Crippen LogP contribution is -2.48. The molecule has 1 N–H and O–H groups in total. The standard InChI is InChI=1S/C20H31N3O5S2/c1-4-22(5-2)30(27,28)19-12-9-17(10-13-19)11-14-20(24)23-15-7-6-8-18(23)16-21-29(3,25)26/h9-14,18,21H,4-8,15-16H2,1-3H3. The third kappa shape index (κ3) is 6.63. The topological polar surface area (TPSA) is 104 Å². The molecule has 10 heteroatoms. The van der Waals surface area contributed by atoms with Gasteiger partial charge < -0.3 is 4.90 Å². The van der Waals surface area contributed by atoms with Gasteiger partial charge in [0.15, 0.2) is 0 Å². The van der Waals surface area contributed by atoms with Gasteiger partial charge in [-0.1, -0.05) is 26.0 Å². The van der Waals surface area contributed by atoms with Gasteiger partial charge in [0, 0.05) is 38.3 Å². The van der Waals surface area contributed by atoms with Gasteiger partial charge >= 0.3 is 0 Å². The fourth-order valence-corrected chi connectivity index (χ4v) is 5.43. The van der Waals surface area contributed by atoms with Crippen molar-refractivity contribution in [3.8, 4) is 0 Å². The molecule has 1 saturated heterocycles. The van der Waals surface area contributed by atoms with Gasteiger partial charge in [0.1, 0.15) is 0 Å². The lowest BCUT2D eigenvalue weighted by molar-refractivity contribution is -0.129. The summed E-state index contributed by atoms with van der Waals surface area (Å²) < 4.78 is 51.7. The van der Waals surface area contributed by atoms with E-state index in [9.17, 15) is 21.6 Å². The number of amides is 1. The van der Waals surface area contributed by atoms with Crippen LogP contribution < -0.4 is 4.72 Å². The molecule has 1 fully saturated rings. The van der Waals surface area contributed by atoms with E-state index >= 15 is 0 Å². The van der Waals surface area contributed by atoms with Crippen LogP contribution in [0.15, 0.2) is 35.2 Å². The van der Waals surface area contributed by atoms with Gasteiger partial charge in [0.05, 0.1) is 11.2 Å². The summed E-state index contributed by atoms with van der Waals surface area (Å²) in [7, 11) is -6.83. The molecule has 0 bridgehead atoms. The van der Waals surface area contributed by atoms with Crippen LogP contribution in [0.4, 0.5) is 0 Å². The molecule has 1 aromatic carbocycles. The quantitative estimate of drug-likeness (QED) is 0.568. The van der Waals surface area contributed by atoms with Crippen LogP contribution in [0, 0.1) is 0 Å². The molecule has 8 nitrogen and oxygen atoms in total. The van der Waals surface area contributed by atoms with Crippen LogP contribution in [-0.2, 0) is 24.8 Å². The Morgan fingerprint density at radius 2 is 1.77 bits per heavy atom. The average Bonchev–Trinajstić information content (AvgIpc) is 2.71. The van der Waals surface area contributed by atoms with E-state index in [2.05, 4.69) is 4.72 Å². The Hall–Kier alpha value is -1.75. The third-order valence-corrected chi connectivity index (χ3v) is 7.89. The molecule has 1 atom stereocenters. The van der Waals surface area contributed by atoms with E-state index < -0.39 is 20.0 Å². The molecule has 0 saturated carbocycles.